The molecule has 1 aromatic heterocycles. The van der Waals surface area contributed by atoms with E-state index in [1.165, 1.54) is 0 Å². The fourth-order valence-corrected chi connectivity index (χ4v) is 3.16. The van der Waals surface area contributed by atoms with E-state index in [0.717, 1.165) is 11.4 Å². The molecular weight excluding hydrogens is 408 g/mol. The molecule has 0 bridgehead atoms. The van der Waals surface area contributed by atoms with Gasteiger partial charge in [0.05, 0.1) is 13.7 Å². The van der Waals surface area contributed by atoms with E-state index in [9.17, 15) is 10.2 Å². The first-order chi connectivity index (χ1) is 14.0. The number of hydrogen-bond acceptors (Lipinski definition) is 4. The Morgan fingerprint density at radius 2 is 1.79 bits per heavy atom. The molecule has 3 N–H and O–H groups in total. The quantitative estimate of drug-likeness (QED) is 0.235. The molecule has 2 aromatic carbocycles. The van der Waals surface area contributed by atoms with Crippen molar-refractivity contribution in [2.45, 2.75) is 6.61 Å². The first-order valence-corrected chi connectivity index (χ1v) is 9.56. The molecule has 0 aliphatic heterocycles. The predicted molar refractivity (Wildman–Crippen MR) is 119 cm³/mol. The Labute approximate surface area is 179 Å². The number of rotatable bonds is 6. The van der Waals surface area contributed by atoms with E-state index >= 15 is 0 Å². The highest BCUT2D eigenvalue weighted by Crippen LogP contribution is 2.22. The molecule has 5 nitrogen and oxygen atoms in total. The largest absolute Gasteiger partial charge is 0.502 e. The van der Waals surface area contributed by atoms with Gasteiger partial charge in [0.25, 0.3) is 5.70 Å². The van der Waals surface area contributed by atoms with Gasteiger partial charge in [-0.05, 0) is 54.6 Å². The van der Waals surface area contributed by atoms with Gasteiger partial charge in [-0.25, -0.2) is 0 Å². The van der Waals surface area contributed by atoms with E-state index in [1.807, 2.05) is 24.3 Å². The number of nitrogens with zero attached hydrogens (tertiary/aromatic N) is 1. The molecule has 0 spiro atoms. The van der Waals surface area contributed by atoms with Crippen LogP contribution in [-0.4, -0.2) is 22.3 Å². The van der Waals surface area contributed by atoms with E-state index in [2.05, 4.69) is 5.32 Å². The van der Waals surface area contributed by atoms with E-state index in [1.54, 1.807) is 60.5 Å². The SMILES string of the molecule is COc1ccc(NC(=S)/C(=C(\O)c2ccc(Cl)cc2)[n+]2cccc(CO)c2)cc1. The highest BCUT2D eigenvalue weighted by molar-refractivity contribution is 7.81. The third kappa shape index (κ3) is 5.12. The number of benzene rings is 2. The maximum Gasteiger partial charge on any atom is 0.288 e. The highest BCUT2D eigenvalue weighted by atomic mass is 35.5. The number of ether oxygens (including phenoxy) is 1. The van der Waals surface area contributed by atoms with Gasteiger partial charge >= 0.3 is 0 Å². The standard InChI is InChI=1S/C22H19ClN2O3S/c1-28-19-10-8-18(9-11-19)24-22(29)20(25-12-2-3-15(13-25)14-26)21(27)16-4-6-17(23)7-5-16/h2-13,26H,14H2,1H3,(H-,24,27,29)/p+1. The monoisotopic (exact) mass is 427 g/mol. The Kier molecular flexibility index (Phi) is 6.82. The van der Waals surface area contributed by atoms with Crippen LogP contribution in [0.25, 0.3) is 11.5 Å². The Hall–Kier alpha value is -2.93. The van der Waals surface area contributed by atoms with E-state index in [0.29, 0.717) is 26.8 Å². The van der Waals surface area contributed by atoms with Crippen LogP contribution in [0.5, 0.6) is 5.75 Å². The van der Waals surface area contributed by atoms with Gasteiger partial charge in [-0.15, -0.1) is 0 Å². The molecular formula is C22H20ClN2O3S+. The molecule has 0 saturated heterocycles. The topological polar surface area (TPSA) is 65.6 Å². The molecule has 29 heavy (non-hydrogen) atoms. The van der Waals surface area contributed by atoms with Gasteiger partial charge in [0.2, 0.25) is 0 Å². The lowest BCUT2D eigenvalue weighted by Gasteiger charge is -2.11. The summed E-state index contributed by atoms with van der Waals surface area (Å²) in [6.45, 7) is -0.130. The van der Waals surface area contributed by atoms with Gasteiger partial charge in [-0.2, -0.15) is 4.57 Å². The van der Waals surface area contributed by atoms with E-state index in [4.69, 9.17) is 28.6 Å². The van der Waals surface area contributed by atoms with Crippen molar-refractivity contribution in [3.05, 3.63) is 89.2 Å². The highest BCUT2D eigenvalue weighted by Gasteiger charge is 2.24. The number of thiocarbonyl (C=S) groups is 1. The summed E-state index contributed by atoms with van der Waals surface area (Å²) in [5, 5.41) is 24.2. The number of halogens is 1. The van der Waals surface area contributed by atoms with Gasteiger partial charge in [0.1, 0.15) is 5.75 Å². The Balaban J connectivity index is 2.04. The maximum atomic E-state index is 11.0. The first-order valence-electron chi connectivity index (χ1n) is 8.78. The van der Waals surface area contributed by atoms with Crippen molar-refractivity contribution < 1.29 is 19.5 Å². The molecule has 3 rings (SSSR count). The summed E-state index contributed by atoms with van der Waals surface area (Å²) in [5.41, 5.74) is 2.36. The summed E-state index contributed by atoms with van der Waals surface area (Å²) in [6.07, 6.45) is 3.46. The Morgan fingerprint density at radius 3 is 2.41 bits per heavy atom. The lowest BCUT2D eigenvalue weighted by molar-refractivity contribution is -0.576. The summed E-state index contributed by atoms with van der Waals surface area (Å²) >= 11 is 11.6. The van der Waals surface area contributed by atoms with Crippen molar-refractivity contribution in [3.63, 3.8) is 0 Å². The third-order valence-electron chi connectivity index (χ3n) is 4.21. The molecule has 0 fully saturated rings. The average molecular weight is 428 g/mol. The lowest BCUT2D eigenvalue weighted by atomic mass is 10.1. The minimum Gasteiger partial charge on any atom is -0.502 e. The summed E-state index contributed by atoms with van der Waals surface area (Å²) in [4.78, 5) is 0.308. The number of methoxy groups -OCH3 is 1. The molecule has 3 aromatic rings. The van der Waals surface area contributed by atoms with Crippen LogP contribution in [-0.2, 0) is 6.61 Å². The molecule has 0 aliphatic rings. The van der Waals surface area contributed by atoms with Crippen LogP contribution in [0.4, 0.5) is 5.69 Å². The molecule has 7 heteroatoms. The van der Waals surface area contributed by atoms with Crippen molar-refractivity contribution in [3.8, 4) is 5.75 Å². The number of anilines is 1. The lowest BCUT2D eigenvalue weighted by Crippen LogP contribution is -2.39. The normalized spacial score (nSPS) is 11.6. The van der Waals surface area contributed by atoms with Crippen molar-refractivity contribution in [1.82, 2.24) is 0 Å². The van der Waals surface area contributed by atoms with Gasteiger partial charge in [-0.1, -0.05) is 23.8 Å². The van der Waals surface area contributed by atoms with Crippen LogP contribution in [0.3, 0.4) is 0 Å². The van der Waals surface area contributed by atoms with Crippen molar-refractivity contribution in [2.75, 3.05) is 12.4 Å². The fraction of sp³-hybridized carbons (Fsp3) is 0.0909. The summed E-state index contributed by atoms with van der Waals surface area (Å²) in [7, 11) is 1.60. The number of nitrogens with one attached hydrogen (secondary N) is 1. The minimum atomic E-state index is -0.130. The molecule has 0 aliphatic carbocycles. The van der Waals surface area contributed by atoms with Gasteiger partial charge in [0.15, 0.2) is 23.1 Å². The molecule has 0 amide bonds. The second-order valence-corrected chi connectivity index (χ2v) is 7.01. The van der Waals surface area contributed by atoms with Gasteiger partial charge in [0, 0.05) is 27.9 Å². The number of hydrogen-bond donors (Lipinski definition) is 3. The molecule has 148 valence electrons. The summed E-state index contributed by atoms with van der Waals surface area (Å²) in [5.74, 6) is 0.707. The molecule has 0 unspecified atom stereocenters. The van der Waals surface area contributed by atoms with E-state index < -0.39 is 0 Å². The minimum absolute atomic E-state index is 0.0206. The van der Waals surface area contributed by atoms with Gasteiger partial charge in [-0.3, -0.25) is 0 Å². The second kappa shape index (κ2) is 9.52. The summed E-state index contributed by atoms with van der Waals surface area (Å²) < 4.78 is 6.85. The second-order valence-electron chi connectivity index (χ2n) is 6.16. The van der Waals surface area contributed by atoms with Crippen LogP contribution in [0.15, 0.2) is 73.1 Å². The Bertz CT molecular complexity index is 1030. The molecule has 0 radical (unpaired) electrons. The smallest absolute Gasteiger partial charge is 0.288 e. The van der Waals surface area contributed by atoms with Crippen LogP contribution in [0.2, 0.25) is 5.02 Å². The van der Waals surface area contributed by atoms with Gasteiger partial charge < -0.3 is 20.3 Å². The number of pyridine rings is 1. The molecule has 0 atom stereocenters. The van der Waals surface area contributed by atoms with Crippen molar-refractivity contribution >= 4 is 46.0 Å². The zero-order chi connectivity index (χ0) is 20.8. The first kappa shape index (κ1) is 20.8. The molecule has 0 saturated carbocycles. The summed E-state index contributed by atoms with van der Waals surface area (Å²) in [6, 6.07) is 17.7. The van der Waals surface area contributed by atoms with Crippen molar-refractivity contribution in [1.29, 1.82) is 0 Å². The number of aromatic nitrogens is 1. The van der Waals surface area contributed by atoms with E-state index in [-0.39, 0.29) is 12.4 Å². The van der Waals surface area contributed by atoms with Crippen LogP contribution in [0, 0.1) is 0 Å². The average Bonchev–Trinajstić information content (AvgIpc) is 2.75. The maximum absolute atomic E-state index is 11.0. The van der Waals surface area contributed by atoms with Crippen molar-refractivity contribution in [2.24, 2.45) is 0 Å². The number of aliphatic hydroxyl groups excluding tert-OH is 2. The molecule has 1 heterocycles. The number of aliphatic hydroxyl groups is 2. The predicted octanol–water partition coefficient (Wildman–Crippen LogP) is 4.45. The van der Waals surface area contributed by atoms with Crippen LogP contribution >= 0.6 is 23.8 Å². The third-order valence-corrected chi connectivity index (χ3v) is 4.75. The zero-order valence-corrected chi connectivity index (χ0v) is 17.2. The Morgan fingerprint density at radius 1 is 1.10 bits per heavy atom. The zero-order valence-electron chi connectivity index (χ0n) is 15.7. The van der Waals surface area contributed by atoms with Crippen LogP contribution < -0.4 is 14.6 Å². The van der Waals surface area contributed by atoms with Crippen LogP contribution in [0.1, 0.15) is 11.1 Å². The fourth-order valence-electron chi connectivity index (χ4n) is 2.71.